The van der Waals surface area contributed by atoms with Gasteiger partial charge in [-0.05, 0) is 12.0 Å². The van der Waals surface area contributed by atoms with Crippen LogP contribution in [0.2, 0.25) is 4.55 Å². The summed E-state index contributed by atoms with van der Waals surface area (Å²) in [5.41, 5.74) is 1.49. The first-order chi connectivity index (χ1) is 5.86. The maximum Gasteiger partial charge on any atom is 0.408 e. The Hall–Kier alpha value is 0.466. The molecule has 0 radical (unpaired) electrons. The molecule has 0 atom stereocenters. The fourth-order valence-corrected chi connectivity index (χ4v) is 2.60. The van der Waals surface area contributed by atoms with Gasteiger partial charge in [0.05, 0.1) is 0 Å². The molecule has 0 saturated heterocycles. The van der Waals surface area contributed by atoms with Gasteiger partial charge >= 0.3 is 20.4 Å². The minimum absolute atomic E-state index is 0. The van der Waals surface area contributed by atoms with Crippen LogP contribution in [0, 0.1) is 0 Å². The number of hydrogen-bond acceptors (Lipinski definition) is 0. The zero-order chi connectivity index (χ0) is 8.81. The van der Waals surface area contributed by atoms with Crippen LogP contribution in [0.25, 0.3) is 0 Å². The van der Waals surface area contributed by atoms with Crippen LogP contribution in [0.1, 0.15) is 25.8 Å². The van der Waals surface area contributed by atoms with Gasteiger partial charge in [-0.1, -0.05) is 44.5 Å². The van der Waals surface area contributed by atoms with E-state index in [2.05, 4.69) is 38.1 Å². The highest BCUT2D eigenvalue weighted by Gasteiger charge is 1.95. The van der Waals surface area contributed by atoms with Gasteiger partial charge < -0.3 is 0 Å². The molecular formula is C11H17BrMg. The Kier molecular flexibility index (Phi) is 8.11. The highest BCUT2D eigenvalue weighted by Crippen LogP contribution is 2.00. The van der Waals surface area contributed by atoms with Crippen molar-refractivity contribution in [1.29, 1.82) is 0 Å². The first-order valence-corrected chi connectivity index (χ1v) is 6.65. The van der Waals surface area contributed by atoms with E-state index in [1.54, 1.807) is 3.69 Å². The predicted molar refractivity (Wildman–Crippen MR) is 66.6 cm³/mol. The van der Waals surface area contributed by atoms with Crippen molar-refractivity contribution in [2.24, 2.45) is 0 Å². The minimum atomic E-state index is 0. The topological polar surface area (TPSA) is 0 Å². The molecule has 0 saturated carbocycles. The zero-order valence-corrected chi connectivity index (χ0v) is 11.7. The van der Waals surface area contributed by atoms with Crippen molar-refractivity contribution in [2.45, 2.75) is 31.2 Å². The van der Waals surface area contributed by atoms with Crippen molar-refractivity contribution in [1.82, 2.24) is 0 Å². The second kappa shape index (κ2) is 7.83. The van der Waals surface area contributed by atoms with E-state index in [0.717, 1.165) is 0 Å². The Morgan fingerprint density at radius 2 is 1.69 bits per heavy atom. The Bertz CT molecular complexity index is 193. The molecule has 0 unspecified atom stereocenters. The van der Waals surface area contributed by atoms with E-state index in [1.807, 2.05) is 0 Å². The maximum atomic E-state index is 2.32. The van der Waals surface area contributed by atoms with E-state index in [-0.39, 0.29) is 37.3 Å². The van der Waals surface area contributed by atoms with Crippen LogP contribution in [0.15, 0.2) is 24.3 Å². The minimum Gasteiger partial charge on any atom is -0.174 e. The molecule has 0 spiro atoms. The molecule has 1 aromatic carbocycles. The molecule has 0 fully saturated rings. The lowest BCUT2D eigenvalue weighted by molar-refractivity contribution is 0.922. The van der Waals surface area contributed by atoms with E-state index in [4.69, 9.17) is 0 Å². The number of hydrogen-bond donors (Lipinski definition) is 0. The van der Waals surface area contributed by atoms with Crippen molar-refractivity contribution in [2.75, 3.05) is 0 Å². The van der Waals surface area contributed by atoms with Crippen molar-refractivity contribution in [3.05, 3.63) is 29.8 Å². The zero-order valence-electron chi connectivity index (χ0n) is 8.55. The molecule has 0 aromatic heterocycles. The van der Waals surface area contributed by atoms with E-state index in [9.17, 15) is 0 Å². The highest BCUT2D eigenvalue weighted by atomic mass is 79.9. The third-order valence-electron chi connectivity index (χ3n) is 2.10. The summed E-state index contributed by atoms with van der Waals surface area (Å²) in [6.07, 6.45) is 2.48. The molecule has 0 bridgehead atoms. The lowest BCUT2D eigenvalue weighted by atomic mass is 10.1. The summed E-state index contributed by atoms with van der Waals surface area (Å²) in [7, 11) is 0. The number of benzene rings is 1. The van der Waals surface area contributed by atoms with Crippen LogP contribution < -0.4 is 3.69 Å². The first-order valence-electron chi connectivity index (χ1n) is 4.94. The molecule has 0 heterocycles. The standard InChI is InChI=1S/C9H11.C2H5.BrH.Mg/c1-2-6-9-7-4-3-5-8-9;1-2;;/h4-5,7-8H,2,6H2,1H3;1H2,2H3;1H;. The van der Waals surface area contributed by atoms with E-state index < -0.39 is 0 Å². The van der Waals surface area contributed by atoms with Crippen molar-refractivity contribution >= 4 is 41.0 Å². The molecule has 13 heavy (non-hydrogen) atoms. The smallest absolute Gasteiger partial charge is 0.174 e. The fourth-order valence-electron chi connectivity index (χ4n) is 1.45. The normalized spacial score (nSPS) is 8.77. The largest absolute Gasteiger partial charge is 0.408 e. The van der Waals surface area contributed by atoms with Crippen LogP contribution >= 0.6 is 17.0 Å². The average Bonchev–Trinajstić information content (AvgIpc) is 2.09. The van der Waals surface area contributed by atoms with Crippen LogP contribution in [0.4, 0.5) is 0 Å². The third kappa shape index (κ3) is 5.04. The summed E-state index contributed by atoms with van der Waals surface area (Å²) in [5.74, 6) is 0. The lowest BCUT2D eigenvalue weighted by Crippen LogP contribution is -2.11. The van der Waals surface area contributed by atoms with Crippen LogP contribution in [-0.2, 0) is 6.42 Å². The average molecular weight is 253 g/mol. The van der Waals surface area contributed by atoms with Gasteiger partial charge in [0.1, 0.15) is 0 Å². The lowest BCUT2D eigenvalue weighted by Gasteiger charge is -2.00. The van der Waals surface area contributed by atoms with Crippen molar-refractivity contribution in [3.63, 3.8) is 0 Å². The summed E-state index contributed by atoms with van der Waals surface area (Å²) in [6.45, 7) is 4.51. The molecule has 70 valence electrons. The molecule has 0 nitrogen and oxygen atoms in total. The monoisotopic (exact) mass is 252 g/mol. The van der Waals surface area contributed by atoms with Gasteiger partial charge in [0.2, 0.25) is 0 Å². The van der Waals surface area contributed by atoms with Gasteiger partial charge in [0.25, 0.3) is 0 Å². The summed E-state index contributed by atoms with van der Waals surface area (Å²) < 4.78 is 2.99. The summed E-state index contributed by atoms with van der Waals surface area (Å²) in [4.78, 5) is 0. The van der Waals surface area contributed by atoms with Crippen LogP contribution in [0.3, 0.4) is 0 Å². The number of halogens is 1. The highest BCUT2D eigenvalue weighted by molar-refractivity contribution is 8.93. The summed E-state index contributed by atoms with van der Waals surface area (Å²) >= 11 is 0.0691. The Morgan fingerprint density at radius 1 is 1.08 bits per heavy atom. The molecule has 2 heteroatoms. The van der Waals surface area contributed by atoms with Gasteiger partial charge in [0.15, 0.2) is 0 Å². The Morgan fingerprint density at radius 3 is 2.15 bits per heavy atom. The summed E-state index contributed by atoms with van der Waals surface area (Å²) in [6, 6.07) is 9.23. The molecular weight excluding hydrogens is 236 g/mol. The van der Waals surface area contributed by atoms with Crippen LogP contribution in [-0.4, -0.2) is 20.4 Å². The maximum absolute atomic E-state index is 2.32. The predicted octanol–water partition coefficient (Wildman–Crippen LogP) is 2.98. The van der Waals surface area contributed by atoms with E-state index in [0.29, 0.717) is 0 Å². The van der Waals surface area contributed by atoms with Gasteiger partial charge in [0, 0.05) is 0 Å². The molecule has 0 aliphatic carbocycles. The van der Waals surface area contributed by atoms with Gasteiger partial charge in [-0.2, -0.15) is 3.69 Å². The Balaban J connectivity index is 0.00000144. The second-order valence-electron chi connectivity index (χ2n) is 3.32. The Labute approximate surface area is 102 Å². The molecule has 0 aliphatic rings. The van der Waals surface area contributed by atoms with E-state index in [1.165, 1.54) is 23.0 Å². The first kappa shape index (κ1) is 13.5. The summed E-state index contributed by atoms with van der Waals surface area (Å²) in [5, 5.41) is 0. The molecule has 0 aliphatic heterocycles. The van der Waals surface area contributed by atoms with Crippen molar-refractivity contribution in [3.8, 4) is 0 Å². The fraction of sp³-hybridized carbons (Fsp3) is 0.455. The van der Waals surface area contributed by atoms with Crippen molar-refractivity contribution < 1.29 is 0 Å². The quantitative estimate of drug-likeness (QED) is 0.724. The van der Waals surface area contributed by atoms with Crippen LogP contribution in [0.5, 0.6) is 0 Å². The SMILES string of the molecule is Br.CCCc1cc[c]([Mg][CH2]C)cc1. The number of rotatable bonds is 4. The second-order valence-corrected chi connectivity index (χ2v) is 5.63. The number of aryl methyl sites for hydroxylation is 1. The third-order valence-corrected chi connectivity index (χ3v) is 3.65. The van der Waals surface area contributed by atoms with E-state index >= 15 is 0 Å². The molecule has 0 N–H and O–H groups in total. The molecule has 1 aromatic rings. The molecule has 0 amide bonds. The molecule has 1 rings (SSSR count). The van der Waals surface area contributed by atoms with Gasteiger partial charge in [-0.15, -0.1) is 21.5 Å². The van der Waals surface area contributed by atoms with Gasteiger partial charge in [-0.25, -0.2) is 0 Å². The van der Waals surface area contributed by atoms with Gasteiger partial charge in [-0.3, -0.25) is 0 Å².